The van der Waals surface area contributed by atoms with Crippen LogP contribution in [-0.2, 0) is 14.8 Å². The van der Waals surface area contributed by atoms with Crippen molar-refractivity contribution in [3.63, 3.8) is 0 Å². The largest absolute Gasteiger partial charge is 0.490 e. The lowest BCUT2D eigenvalue weighted by molar-refractivity contribution is -0.116. The minimum Gasteiger partial charge on any atom is -0.490 e. The van der Waals surface area contributed by atoms with E-state index in [1.54, 1.807) is 30.3 Å². The molecule has 0 bridgehead atoms. The Morgan fingerprint density at radius 2 is 1.96 bits per heavy atom. The van der Waals surface area contributed by atoms with E-state index in [-0.39, 0.29) is 5.69 Å². The number of carbonyl (C=O) groups is 1. The highest BCUT2D eigenvalue weighted by Gasteiger charge is 2.29. The van der Waals surface area contributed by atoms with Gasteiger partial charge < -0.3 is 10.1 Å². The molecule has 2 aromatic carbocycles. The molecule has 0 aliphatic rings. The van der Waals surface area contributed by atoms with Crippen LogP contribution in [0.25, 0.3) is 0 Å². The molecular formula is C19H21FN2O4S. The Morgan fingerprint density at radius 3 is 2.52 bits per heavy atom. The van der Waals surface area contributed by atoms with Crippen LogP contribution in [0.1, 0.15) is 6.92 Å². The van der Waals surface area contributed by atoms with E-state index >= 15 is 0 Å². The highest BCUT2D eigenvalue weighted by molar-refractivity contribution is 7.92. The first-order valence-corrected chi connectivity index (χ1v) is 9.97. The second-order valence-electron chi connectivity index (χ2n) is 5.83. The Hall–Kier alpha value is -2.87. The summed E-state index contributed by atoms with van der Waals surface area (Å²) >= 11 is 0. The van der Waals surface area contributed by atoms with Crippen LogP contribution in [0.15, 0.2) is 61.2 Å². The summed E-state index contributed by atoms with van der Waals surface area (Å²) in [5.41, 5.74) is 0.554. The van der Waals surface area contributed by atoms with Crippen molar-refractivity contribution in [2.45, 2.75) is 13.0 Å². The first-order chi connectivity index (χ1) is 12.7. The van der Waals surface area contributed by atoms with Gasteiger partial charge >= 0.3 is 0 Å². The minimum atomic E-state index is -3.81. The van der Waals surface area contributed by atoms with Gasteiger partial charge in [0.05, 0.1) is 11.9 Å². The third-order valence-electron chi connectivity index (χ3n) is 3.64. The molecule has 0 spiro atoms. The maximum Gasteiger partial charge on any atom is 0.247 e. The van der Waals surface area contributed by atoms with Crippen LogP contribution in [0, 0.1) is 5.82 Å². The third-order valence-corrected chi connectivity index (χ3v) is 4.88. The molecule has 0 radical (unpaired) electrons. The van der Waals surface area contributed by atoms with Crippen molar-refractivity contribution in [3.05, 3.63) is 67.0 Å². The van der Waals surface area contributed by atoms with Gasteiger partial charge in [0.2, 0.25) is 15.9 Å². The smallest absolute Gasteiger partial charge is 0.247 e. The van der Waals surface area contributed by atoms with Gasteiger partial charge in [-0.05, 0) is 49.4 Å². The fourth-order valence-electron chi connectivity index (χ4n) is 2.46. The quantitative estimate of drug-likeness (QED) is 0.700. The maximum atomic E-state index is 13.5. The van der Waals surface area contributed by atoms with Crippen LogP contribution in [0.4, 0.5) is 15.8 Å². The molecule has 0 saturated heterocycles. The molecule has 0 aliphatic heterocycles. The number of hydrogen-bond donors (Lipinski definition) is 1. The molecule has 0 heterocycles. The maximum absolute atomic E-state index is 13.5. The summed E-state index contributed by atoms with van der Waals surface area (Å²) in [6, 6.07) is 10.6. The lowest BCUT2D eigenvalue weighted by Gasteiger charge is -2.28. The molecule has 0 aromatic heterocycles. The Morgan fingerprint density at radius 1 is 1.30 bits per heavy atom. The van der Waals surface area contributed by atoms with Gasteiger partial charge in [-0.25, -0.2) is 12.8 Å². The van der Waals surface area contributed by atoms with Gasteiger partial charge in [-0.1, -0.05) is 18.7 Å². The van der Waals surface area contributed by atoms with E-state index in [4.69, 9.17) is 4.74 Å². The highest BCUT2D eigenvalue weighted by atomic mass is 32.2. The van der Waals surface area contributed by atoms with Gasteiger partial charge in [0, 0.05) is 5.69 Å². The van der Waals surface area contributed by atoms with Crippen molar-refractivity contribution in [3.8, 4) is 5.75 Å². The van der Waals surface area contributed by atoms with Crippen LogP contribution >= 0.6 is 0 Å². The number of nitrogens with one attached hydrogen (secondary N) is 1. The van der Waals surface area contributed by atoms with Crippen LogP contribution in [0.3, 0.4) is 0 Å². The van der Waals surface area contributed by atoms with Gasteiger partial charge in [0.1, 0.15) is 24.2 Å². The van der Waals surface area contributed by atoms with Crippen molar-refractivity contribution in [2.24, 2.45) is 0 Å². The molecule has 1 amide bonds. The molecule has 144 valence electrons. The zero-order valence-corrected chi connectivity index (χ0v) is 15.9. The number of sulfonamides is 1. The topological polar surface area (TPSA) is 75.7 Å². The van der Waals surface area contributed by atoms with Gasteiger partial charge in [0.15, 0.2) is 0 Å². The van der Waals surface area contributed by atoms with Crippen LogP contribution < -0.4 is 14.4 Å². The summed E-state index contributed by atoms with van der Waals surface area (Å²) in [6.45, 7) is 5.35. The Kier molecular flexibility index (Phi) is 6.57. The molecule has 1 N–H and O–H groups in total. The van der Waals surface area contributed by atoms with Crippen molar-refractivity contribution < 1.29 is 22.3 Å². The van der Waals surface area contributed by atoms with Crippen LogP contribution in [0.2, 0.25) is 0 Å². The summed E-state index contributed by atoms with van der Waals surface area (Å²) in [5, 5.41) is 2.65. The van der Waals surface area contributed by atoms with Crippen LogP contribution in [0.5, 0.6) is 5.75 Å². The summed E-state index contributed by atoms with van der Waals surface area (Å²) in [5.74, 6) is -0.535. The minimum absolute atomic E-state index is 0.0772. The molecule has 1 atom stereocenters. The Bertz CT molecular complexity index is 914. The lowest BCUT2D eigenvalue weighted by Crippen LogP contribution is -2.45. The second-order valence-corrected chi connectivity index (χ2v) is 7.69. The summed E-state index contributed by atoms with van der Waals surface area (Å²) in [7, 11) is -3.81. The molecule has 27 heavy (non-hydrogen) atoms. The van der Waals surface area contributed by atoms with Crippen molar-refractivity contribution >= 4 is 27.3 Å². The molecule has 0 unspecified atom stereocenters. The third kappa shape index (κ3) is 5.55. The van der Waals surface area contributed by atoms with Gasteiger partial charge in [-0.2, -0.15) is 0 Å². The lowest BCUT2D eigenvalue weighted by atomic mass is 10.2. The van der Waals surface area contributed by atoms with Gasteiger partial charge in [0.25, 0.3) is 0 Å². The number of rotatable bonds is 8. The van der Waals surface area contributed by atoms with E-state index in [1.165, 1.54) is 25.1 Å². The standard InChI is InChI=1S/C19H21FN2O4S/c1-4-12-26-18-10-8-16(9-11-18)21-19(23)14(2)22(27(3,24)25)17-7-5-6-15(20)13-17/h4-11,13-14H,1,12H2,2-3H3,(H,21,23)/t14-/m1/s1. The number of carbonyl (C=O) groups excluding carboxylic acids is 1. The number of amides is 1. The average Bonchev–Trinajstić information content (AvgIpc) is 2.60. The van der Waals surface area contributed by atoms with E-state index < -0.39 is 27.8 Å². The molecule has 6 nitrogen and oxygen atoms in total. The number of ether oxygens (including phenoxy) is 1. The average molecular weight is 392 g/mol. The molecule has 0 fully saturated rings. The zero-order valence-electron chi connectivity index (χ0n) is 15.1. The van der Waals surface area contributed by atoms with E-state index in [1.807, 2.05) is 0 Å². The molecular weight excluding hydrogens is 371 g/mol. The highest BCUT2D eigenvalue weighted by Crippen LogP contribution is 2.23. The number of benzene rings is 2. The van der Waals surface area contributed by atoms with Crippen molar-refractivity contribution in [2.75, 3.05) is 22.5 Å². The Balaban J connectivity index is 2.19. The second kappa shape index (κ2) is 8.68. The van der Waals surface area contributed by atoms with Gasteiger partial charge in [-0.3, -0.25) is 9.10 Å². The monoisotopic (exact) mass is 392 g/mol. The summed E-state index contributed by atoms with van der Waals surface area (Å²) in [6.07, 6.45) is 2.58. The van der Waals surface area contributed by atoms with Gasteiger partial charge in [-0.15, -0.1) is 0 Å². The molecule has 2 rings (SSSR count). The Labute approximate surface area is 158 Å². The number of nitrogens with zero attached hydrogens (tertiary/aromatic N) is 1. The summed E-state index contributed by atoms with van der Waals surface area (Å²) in [4.78, 5) is 12.6. The normalized spacial score (nSPS) is 12.1. The van der Waals surface area contributed by atoms with E-state index in [2.05, 4.69) is 11.9 Å². The predicted molar refractivity (Wildman–Crippen MR) is 104 cm³/mol. The first-order valence-electron chi connectivity index (χ1n) is 8.12. The number of halogens is 1. The SMILES string of the molecule is C=CCOc1ccc(NC(=O)[C@@H](C)N(c2cccc(F)c2)S(C)(=O)=O)cc1. The van der Waals surface area contributed by atoms with Crippen LogP contribution in [-0.4, -0.2) is 33.2 Å². The van der Waals surface area contributed by atoms with E-state index in [0.29, 0.717) is 18.0 Å². The fourth-order valence-corrected chi connectivity index (χ4v) is 3.63. The molecule has 0 aliphatic carbocycles. The van der Waals surface area contributed by atoms with E-state index in [9.17, 15) is 17.6 Å². The molecule has 0 saturated carbocycles. The summed E-state index contributed by atoms with van der Waals surface area (Å²) < 4.78 is 44.1. The number of hydrogen-bond acceptors (Lipinski definition) is 4. The molecule has 2 aromatic rings. The van der Waals surface area contributed by atoms with Crippen molar-refractivity contribution in [1.82, 2.24) is 0 Å². The molecule has 8 heteroatoms. The first kappa shape index (κ1) is 20.4. The fraction of sp³-hybridized carbons (Fsp3) is 0.211. The predicted octanol–water partition coefficient (Wildman–Crippen LogP) is 3.18. The van der Waals surface area contributed by atoms with Crippen molar-refractivity contribution in [1.29, 1.82) is 0 Å². The number of anilines is 2. The van der Waals surface area contributed by atoms with E-state index in [0.717, 1.165) is 16.6 Å². The zero-order chi connectivity index (χ0) is 20.0.